The molecule has 19 heavy (non-hydrogen) atoms. The molecule has 0 amide bonds. The van der Waals surface area contributed by atoms with E-state index in [4.69, 9.17) is 0 Å². The summed E-state index contributed by atoms with van der Waals surface area (Å²) in [6.45, 7) is 2.27. The van der Waals surface area contributed by atoms with Crippen molar-refractivity contribution < 1.29 is 0 Å². The summed E-state index contributed by atoms with van der Waals surface area (Å²) in [5.41, 5.74) is 1.39. The van der Waals surface area contributed by atoms with E-state index in [-0.39, 0.29) is 0 Å². The van der Waals surface area contributed by atoms with E-state index < -0.39 is 0 Å². The van der Waals surface area contributed by atoms with E-state index in [1.54, 1.807) is 0 Å². The molecular formula is C17H28BrN. The van der Waals surface area contributed by atoms with Crippen molar-refractivity contribution in [2.45, 2.75) is 64.3 Å². The van der Waals surface area contributed by atoms with Crippen molar-refractivity contribution in [2.75, 3.05) is 7.05 Å². The minimum Gasteiger partial charge on any atom is -0.313 e. The zero-order valence-corrected chi connectivity index (χ0v) is 14.0. The fraction of sp³-hybridized carbons (Fsp3) is 0.647. The van der Waals surface area contributed by atoms with Gasteiger partial charge in [0.1, 0.15) is 0 Å². The lowest BCUT2D eigenvalue weighted by atomic mass is 9.99. The number of unbranched alkanes of at least 4 members (excludes halogenated alkanes) is 6. The average Bonchev–Trinajstić information content (AvgIpc) is 2.43. The van der Waals surface area contributed by atoms with Crippen LogP contribution in [0.5, 0.6) is 0 Å². The van der Waals surface area contributed by atoms with Gasteiger partial charge in [-0.2, -0.15) is 0 Å². The number of benzene rings is 1. The molecule has 0 spiro atoms. The molecule has 108 valence electrons. The van der Waals surface area contributed by atoms with Crippen LogP contribution in [-0.4, -0.2) is 7.05 Å². The molecule has 1 nitrogen and oxygen atoms in total. The summed E-state index contributed by atoms with van der Waals surface area (Å²) >= 11 is 3.65. The summed E-state index contributed by atoms with van der Waals surface area (Å²) in [6.07, 6.45) is 10.9. The highest BCUT2D eigenvalue weighted by molar-refractivity contribution is 9.10. The third kappa shape index (κ3) is 6.58. The average molecular weight is 326 g/mol. The molecule has 1 rings (SSSR count). The second-order valence-electron chi connectivity index (χ2n) is 5.27. The molecule has 1 N–H and O–H groups in total. The minimum absolute atomic E-state index is 0.478. The molecule has 2 heteroatoms. The molecule has 0 aromatic heterocycles. The number of rotatable bonds is 10. The van der Waals surface area contributed by atoms with Crippen LogP contribution in [0.3, 0.4) is 0 Å². The van der Waals surface area contributed by atoms with Gasteiger partial charge in [-0.1, -0.05) is 86.0 Å². The molecule has 1 atom stereocenters. The third-order valence-corrected chi connectivity index (χ3v) is 4.45. The van der Waals surface area contributed by atoms with Gasteiger partial charge in [0.2, 0.25) is 0 Å². The second kappa shape index (κ2) is 10.4. The van der Waals surface area contributed by atoms with Gasteiger partial charge in [0.05, 0.1) is 0 Å². The predicted molar refractivity (Wildman–Crippen MR) is 88.6 cm³/mol. The Bertz CT molecular complexity index is 338. The van der Waals surface area contributed by atoms with Gasteiger partial charge in [-0.3, -0.25) is 0 Å². The van der Waals surface area contributed by atoms with Gasteiger partial charge in [-0.15, -0.1) is 0 Å². The minimum atomic E-state index is 0.478. The van der Waals surface area contributed by atoms with Crippen LogP contribution in [-0.2, 0) is 0 Å². The molecule has 0 radical (unpaired) electrons. The van der Waals surface area contributed by atoms with Crippen molar-refractivity contribution in [3.05, 3.63) is 34.3 Å². The Hall–Kier alpha value is -0.340. The van der Waals surface area contributed by atoms with Crippen molar-refractivity contribution in [2.24, 2.45) is 0 Å². The maximum absolute atomic E-state index is 3.65. The second-order valence-corrected chi connectivity index (χ2v) is 6.13. The standard InChI is InChI=1S/C17H28BrN/c1-3-4-5-6-7-8-9-14-17(19-2)15-12-10-11-13-16(15)18/h10-13,17,19H,3-9,14H2,1-2H3. The van der Waals surface area contributed by atoms with Crippen molar-refractivity contribution in [1.29, 1.82) is 0 Å². The first-order valence-corrected chi connectivity index (χ1v) is 8.50. The van der Waals surface area contributed by atoms with Crippen LogP contribution in [0.25, 0.3) is 0 Å². The lowest BCUT2D eigenvalue weighted by Crippen LogP contribution is -2.16. The quantitative estimate of drug-likeness (QED) is 0.532. The maximum Gasteiger partial charge on any atom is 0.0328 e. The van der Waals surface area contributed by atoms with Crippen LogP contribution in [0.1, 0.15) is 69.9 Å². The van der Waals surface area contributed by atoms with Crippen LogP contribution in [0.2, 0.25) is 0 Å². The summed E-state index contributed by atoms with van der Waals surface area (Å²) in [7, 11) is 2.06. The van der Waals surface area contributed by atoms with Gasteiger partial charge >= 0.3 is 0 Å². The normalized spacial score (nSPS) is 12.6. The highest BCUT2D eigenvalue weighted by atomic mass is 79.9. The largest absolute Gasteiger partial charge is 0.313 e. The molecule has 0 saturated heterocycles. The molecule has 0 fully saturated rings. The van der Waals surface area contributed by atoms with E-state index in [9.17, 15) is 0 Å². The fourth-order valence-corrected chi connectivity index (χ4v) is 3.08. The Morgan fingerprint density at radius 3 is 2.26 bits per heavy atom. The van der Waals surface area contributed by atoms with Crippen molar-refractivity contribution in [3.8, 4) is 0 Å². The van der Waals surface area contributed by atoms with Crippen molar-refractivity contribution >= 4 is 15.9 Å². The van der Waals surface area contributed by atoms with Gasteiger partial charge < -0.3 is 5.32 Å². The van der Waals surface area contributed by atoms with Crippen LogP contribution in [0.15, 0.2) is 28.7 Å². The first-order valence-electron chi connectivity index (χ1n) is 7.71. The molecule has 1 unspecified atom stereocenters. The predicted octanol–water partition coefficient (Wildman–Crippen LogP) is 5.85. The summed E-state index contributed by atoms with van der Waals surface area (Å²) in [4.78, 5) is 0. The van der Waals surface area contributed by atoms with E-state index >= 15 is 0 Å². The van der Waals surface area contributed by atoms with E-state index in [0.29, 0.717) is 6.04 Å². The van der Waals surface area contributed by atoms with E-state index in [1.165, 1.54) is 61.4 Å². The smallest absolute Gasteiger partial charge is 0.0328 e. The van der Waals surface area contributed by atoms with E-state index in [2.05, 4.69) is 59.5 Å². The monoisotopic (exact) mass is 325 g/mol. The molecule has 0 aliphatic heterocycles. The van der Waals surface area contributed by atoms with E-state index in [0.717, 1.165) is 0 Å². The number of halogens is 1. The van der Waals surface area contributed by atoms with Gasteiger partial charge in [0.25, 0.3) is 0 Å². The Labute approximate surface area is 127 Å². The third-order valence-electron chi connectivity index (χ3n) is 3.73. The maximum atomic E-state index is 3.65. The first-order chi connectivity index (χ1) is 9.29. The zero-order valence-electron chi connectivity index (χ0n) is 12.4. The van der Waals surface area contributed by atoms with Gasteiger partial charge in [-0.05, 0) is 25.1 Å². The lowest BCUT2D eigenvalue weighted by Gasteiger charge is -2.18. The molecule has 0 heterocycles. The van der Waals surface area contributed by atoms with Gasteiger partial charge in [0.15, 0.2) is 0 Å². The van der Waals surface area contributed by atoms with Crippen LogP contribution >= 0.6 is 15.9 Å². The summed E-state index contributed by atoms with van der Waals surface area (Å²) < 4.78 is 1.22. The zero-order chi connectivity index (χ0) is 13.9. The van der Waals surface area contributed by atoms with E-state index in [1.807, 2.05) is 0 Å². The molecule has 0 aliphatic carbocycles. The Kier molecular flexibility index (Phi) is 9.19. The topological polar surface area (TPSA) is 12.0 Å². The van der Waals surface area contributed by atoms with Crippen LogP contribution in [0.4, 0.5) is 0 Å². The van der Waals surface area contributed by atoms with Crippen molar-refractivity contribution in [1.82, 2.24) is 5.32 Å². The fourth-order valence-electron chi connectivity index (χ4n) is 2.52. The molecular weight excluding hydrogens is 298 g/mol. The SMILES string of the molecule is CCCCCCCCCC(NC)c1ccccc1Br. The molecule has 1 aromatic rings. The molecule has 1 aromatic carbocycles. The van der Waals surface area contributed by atoms with Crippen molar-refractivity contribution in [3.63, 3.8) is 0 Å². The number of hydrogen-bond acceptors (Lipinski definition) is 1. The van der Waals surface area contributed by atoms with Gasteiger partial charge in [0, 0.05) is 10.5 Å². The number of nitrogens with one attached hydrogen (secondary N) is 1. The number of hydrogen-bond donors (Lipinski definition) is 1. The van der Waals surface area contributed by atoms with Crippen LogP contribution in [0, 0.1) is 0 Å². The Morgan fingerprint density at radius 2 is 1.63 bits per heavy atom. The summed E-state index contributed by atoms with van der Waals surface area (Å²) in [6, 6.07) is 9.02. The molecule has 0 bridgehead atoms. The molecule has 0 aliphatic rings. The molecule has 0 saturated carbocycles. The summed E-state index contributed by atoms with van der Waals surface area (Å²) in [5, 5.41) is 3.44. The Balaban J connectivity index is 2.24. The highest BCUT2D eigenvalue weighted by Gasteiger charge is 2.11. The van der Waals surface area contributed by atoms with Crippen LogP contribution < -0.4 is 5.32 Å². The Morgan fingerprint density at radius 1 is 1.00 bits per heavy atom. The lowest BCUT2D eigenvalue weighted by molar-refractivity contribution is 0.494. The summed E-state index contributed by atoms with van der Waals surface area (Å²) in [5.74, 6) is 0. The van der Waals surface area contributed by atoms with Gasteiger partial charge in [-0.25, -0.2) is 0 Å². The highest BCUT2D eigenvalue weighted by Crippen LogP contribution is 2.26. The first kappa shape index (κ1) is 16.7.